The van der Waals surface area contributed by atoms with Gasteiger partial charge in [-0.1, -0.05) is 0 Å². The topological polar surface area (TPSA) is 75.3 Å². The lowest BCUT2D eigenvalue weighted by molar-refractivity contribution is -0.123. The van der Waals surface area contributed by atoms with Gasteiger partial charge in [0.1, 0.15) is 4.75 Å². The van der Waals surface area contributed by atoms with Crippen LogP contribution in [0.3, 0.4) is 0 Å². The molecule has 1 fully saturated rings. The quantitative estimate of drug-likeness (QED) is 0.752. The minimum Gasteiger partial charge on any atom is -0.353 e. The number of sulfone groups is 1. The van der Waals surface area contributed by atoms with E-state index in [0.717, 1.165) is 25.6 Å². The summed E-state index contributed by atoms with van der Waals surface area (Å²) in [6.45, 7) is 6.31. The van der Waals surface area contributed by atoms with Crippen molar-refractivity contribution in [2.24, 2.45) is 0 Å². The fraction of sp³-hybridized carbons (Fsp3) is 0.909. The van der Waals surface area contributed by atoms with Crippen molar-refractivity contribution in [1.29, 1.82) is 0 Å². The molecule has 0 bridgehead atoms. The average molecular weight is 262 g/mol. The Bertz CT molecular complexity index is 395. The van der Waals surface area contributed by atoms with Gasteiger partial charge in [0.15, 0.2) is 9.84 Å². The van der Waals surface area contributed by atoms with Gasteiger partial charge in [-0.2, -0.15) is 0 Å². The third-order valence-corrected chi connectivity index (χ3v) is 5.61. The highest BCUT2D eigenvalue weighted by Crippen LogP contribution is 2.19. The zero-order chi connectivity index (χ0) is 13.3. The van der Waals surface area contributed by atoms with Gasteiger partial charge in [0.2, 0.25) is 5.91 Å². The Hall–Kier alpha value is -0.620. The van der Waals surface area contributed by atoms with Gasteiger partial charge < -0.3 is 10.6 Å². The molecule has 1 saturated heterocycles. The molecule has 1 rings (SSSR count). The summed E-state index contributed by atoms with van der Waals surface area (Å²) in [6.07, 6.45) is 3.16. The van der Waals surface area contributed by atoms with E-state index in [-0.39, 0.29) is 5.54 Å². The summed E-state index contributed by atoms with van der Waals surface area (Å²) in [5.74, 6) is -0.435. The van der Waals surface area contributed by atoms with Crippen molar-refractivity contribution in [3.8, 4) is 0 Å². The third-order valence-electron chi connectivity index (χ3n) is 3.57. The van der Waals surface area contributed by atoms with Gasteiger partial charge >= 0.3 is 0 Å². The van der Waals surface area contributed by atoms with Crippen LogP contribution in [0.5, 0.6) is 0 Å². The van der Waals surface area contributed by atoms with E-state index in [2.05, 4.69) is 10.6 Å². The Balaban J connectivity index is 2.61. The first-order chi connectivity index (χ1) is 7.58. The maximum atomic E-state index is 11.9. The SMILES string of the molecule is CC1(CNC(=O)C(C)(C)S(C)(=O)=O)CCCN1. The number of carbonyl (C=O) groups excluding carboxylic acids is 1. The molecule has 0 saturated carbocycles. The van der Waals surface area contributed by atoms with Crippen molar-refractivity contribution in [3.63, 3.8) is 0 Å². The molecule has 0 aliphatic carbocycles. The average Bonchev–Trinajstić information content (AvgIpc) is 2.60. The van der Waals surface area contributed by atoms with Crippen molar-refractivity contribution < 1.29 is 13.2 Å². The van der Waals surface area contributed by atoms with Crippen LogP contribution in [-0.2, 0) is 14.6 Å². The minimum absolute atomic E-state index is 0.108. The van der Waals surface area contributed by atoms with Crippen LogP contribution < -0.4 is 10.6 Å². The molecule has 0 aromatic heterocycles. The van der Waals surface area contributed by atoms with Gasteiger partial charge in [0.05, 0.1) is 0 Å². The molecule has 1 amide bonds. The van der Waals surface area contributed by atoms with Gasteiger partial charge in [-0.25, -0.2) is 8.42 Å². The van der Waals surface area contributed by atoms with Gasteiger partial charge in [-0.3, -0.25) is 4.79 Å². The lowest BCUT2D eigenvalue weighted by Crippen LogP contribution is -2.53. The van der Waals surface area contributed by atoms with E-state index in [0.29, 0.717) is 6.54 Å². The van der Waals surface area contributed by atoms with E-state index >= 15 is 0 Å². The number of nitrogens with one attached hydrogen (secondary N) is 2. The molecule has 100 valence electrons. The molecule has 1 aliphatic heterocycles. The molecule has 0 radical (unpaired) electrons. The standard InChI is InChI=1S/C11H22N2O3S/c1-10(2,17(4,15)16)9(14)12-8-11(3)6-5-7-13-11/h13H,5-8H2,1-4H3,(H,12,14). The first-order valence-corrected chi connectivity index (χ1v) is 7.71. The monoisotopic (exact) mass is 262 g/mol. The molecular weight excluding hydrogens is 240 g/mol. The first-order valence-electron chi connectivity index (χ1n) is 5.81. The predicted octanol–water partition coefficient (Wildman–Crippen LogP) is 0.0679. The smallest absolute Gasteiger partial charge is 0.240 e. The number of amides is 1. The fourth-order valence-corrected chi connectivity index (χ4v) is 2.17. The second kappa shape index (κ2) is 4.57. The highest BCUT2D eigenvalue weighted by atomic mass is 32.2. The minimum atomic E-state index is -3.40. The normalized spacial score (nSPS) is 25.9. The molecule has 2 N–H and O–H groups in total. The molecule has 1 heterocycles. The Morgan fingerprint density at radius 3 is 2.47 bits per heavy atom. The van der Waals surface area contributed by atoms with E-state index in [4.69, 9.17) is 0 Å². The van der Waals surface area contributed by atoms with Crippen molar-refractivity contribution in [2.75, 3.05) is 19.3 Å². The summed E-state index contributed by atoms with van der Waals surface area (Å²) in [5.41, 5.74) is -0.108. The molecule has 1 atom stereocenters. The molecule has 0 spiro atoms. The lowest BCUT2D eigenvalue weighted by Gasteiger charge is -2.28. The highest BCUT2D eigenvalue weighted by Gasteiger charge is 2.39. The fourth-order valence-electron chi connectivity index (χ4n) is 1.76. The van der Waals surface area contributed by atoms with Crippen LogP contribution in [0.1, 0.15) is 33.6 Å². The zero-order valence-corrected chi connectivity index (χ0v) is 11.8. The molecule has 17 heavy (non-hydrogen) atoms. The van der Waals surface area contributed by atoms with Gasteiger partial charge in [-0.05, 0) is 40.2 Å². The molecule has 6 heteroatoms. The zero-order valence-electron chi connectivity index (χ0n) is 11.0. The van der Waals surface area contributed by atoms with Crippen LogP contribution in [0.4, 0.5) is 0 Å². The second-order valence-corrected chi connectivity index (χ2v) is 8.12. The molecule has 1 unspecified atom stereocenters. The van der Waals surface area contributed by atoms with Gasteiger partial charge in [0, 0.05) is 18.3 Å². The third kappa shape index (κ3) is 3.19. The Morgan fingerprint density at radius 2 is 2.06 bits per heavy atom. The van der Waals surface area contributed by atoms with Crippen LogP contribution in [0.25, 0.3) is 0 Å². The van der Waals surface area contributed by atoms with Crippen molar-refractivity contribution in [3.05, 3.63) is 0 Å². The van der Waals surface area contributed by atoms with E-state index in [1.807, 2.05) is 6.92 Å². The molecule has 1 aliphatic rings. The highest BCUT2D eigenvalue weighted by molar-refractivity contribution is 7.92. The molecule has 5 nitrogen and oxygen atoms in total. The van der Waals surface area contributed by atoms with Gasteiger partial charge in [0.25, 0.3) is 0 Å². The van der Waals surface area contributed by atoms with E-state index < -0.39 is 20.5 Å². The summed E-state index contributed by atoms with van der Waals surface area (Å²) in [4.78, 5) is 11.9. The van der Waals surface area contributed by atoms with Crippen LogP contribution in [0.15, 0.2) is 0 Å². The summed E-state index contributed by atoms with van der Waals surface area (Å²) < 4.78 is 21.6. The van der Waals surface area contributed by atoms with Crippen molar-refractivity contribution >= 4 is 15.7 Å². The van der Waals surface area contributed by atoms with Crippen LogP contribution >= 0.6 is 0 Å². The van der Waals surface area contributed by atoms with Crippen molar-refractivity contribution in [1.82, 2.24) is 10.6 Å². The van der Waals surface area contributed by atoms with Crippen LogP contribution in [0, 0.1) is 0 Å². The first kappa shape index (κ1) is 14.4. The Kier molecular flexibility index (Phi) is 3.88. The summed E-state index contributed by atoms with van der Waals surface area (Å²) in [5, 5.41) is 6.05. The number of rotatable bonds is 4. The summed E-state index contributed by atoms with van der Waals surface area (Å²) in [7, 11) is -3.40. The maximum absolute atomic E-state index is 11.9. The maximum Gasteiger partial charge on any atom is 0.240 e. The van der Waals surface area contributed by atoms with Crippen LogP contribution in [0.2, 0.25) is 0 Å². The van der Waals surface area contributed by atoms with E-state index in [1.54, 1.807) is 0 Å². The second-order valence-electron chi connectivity index (χ2n) is 5.56. The van der Waals surface area contributed by atoms with Gasteiger partial charge in [-0.15, -0.1) is 0 Å². The Morgan fingerprint density at radius 1 is 1.47 bits per heavy atom. The summed E-state index contributed by atoms with van der Waals surface area (Å²) >= 11 is 0. The van der Waals surface area contributed by atoms with Crippen molar-refractivity contribution in [2.45, 2.75) is 43.9 Å². The molecular formula is C11H22N2O3S. The van der Waals surface area contributed by atoms with Crippen LogP contribution in [-0.4, -0.2) is 44.0 Å². The molecule has 0 aromatic rings. The van der Waals surface area contributed by atoms with E-state index in [9.17, 15) is 13.2 Å². The number of carbonyl (C=O) groups is 1. The predicted molar refractivity (Wildman–Crippen MR) is 67.6 cm³/mol. The van der Waals surface area contributed by atoms with E-state index in [1.165, 1.54) is 13.8 Å². The largest absolute Gasteiger partial charge is 0.353 e. The number of hydrogen-bond acceptors (Lipinski definition) is 4. The molecule has 0 aromatic carbocycles. The Labute approximate surface area is 103 Å². The number of hydrogen-bond donors (Lipinski definition) is 2. The summed E-state index contributed by atoms with van der Waals surface area (Å²) in [6, 6.07) is 0. The lowest BCUT2D eigenvalue weighted by atomic mass is 10.0.